The first-order valence-electron chi connectivity index (χ1n) is 11.1. The average Bonchev–Trinajstić information content (AvgIpc) is 3.13. The van der Waals surface area contributed by atoms with E-state index in [-0.39, 0.29) is 5.91 Å². The summed E-state index contributed by atoms with van der Waals surface area (Å²) in [5, 5.41) is 2.25. The highest BCUT2D eigenvalue weighted by Gasteiger charge is 2.35. The van der Waals surface area contributed by atoms with Gasteiger partial charge in [0.15, 0.2) is 0 Å². The number of nitrogens with zero attached hydrogens (tertiary/aromatic N) is 1. The van der Waals surface area contributed by atoms with Crippen LogP contribution in [0.4, 0.5) is 4.79 Å². The molecule has 1 unspecified atom stereocenters. The Morgan fingerprint density at radius 2 is 1.72 bits per heavy atom. The molecule has 0 saturated carbocycles. The normalized spacial score (nSPS) is 15.9. The molecule has 0 bridgehead atoms. The van der Waals surface area contributed by atoms with Gasteiger partial charge < -0.3 is 9.64 Å². The molecule has 168 valence electrons. The van der Waals surface area contributed by atoms with Crippen LogP contribution in [-0.4, -0.2) is 41.0 Å². The number of amides is 3. The number of likely N-dealkylation sites (tertiary alicyclic amines) is 1. The quantitative estimate of drug-likeness (QED) is 0.410. The average molecular weight is 411 g/mol. The second-order valence-electron chi connectivity index (χ2n) is 8.48. The summed E-state index contributed by atoms with van der Waals surface area (Å²) in [6.07, 6.45) is 10.6. The van der Waals surface area contributed by atoms with Crippen LogP contribution in [0.2, 0.25) is 0 Å². The van der Waals surface area contributed by atoms with Gasteiger partial charge >= 0.3 is 6.09 Å². The lowest BCUT2D eigenvalue weighted by Crippen LogP contribution is -2.48. The second kappa shape index (κ2) is 15.1. The van der Waals surface area contributed by atoms with E-state index in [9.17, 15) is 14.4 Å². The van der Waals surface area contributed by atoms with Crippen molar-refractivity contribution in [1.82, 2.24) is 10.2 Å². The molecule has 0 aliphatic carbocycles. The summed E-state index contributed by atoms with van der Waals surface area (Å²) < 4.78 is 5.09. The molecule has 1 N–H and O–H groups in total. The molecule has 0 aromatic rings. The Labute approximate surface area is 177 Å². The number of nitrogens with one attached hydrogen (secondary N) is 1. The van der Waals surface area contributed by atoms with Crippen LogP contribution in [0.15, 0.2) is 12.7 Å². The first-order valence-corrected chi connectivity index (χ1v) is 11.1. The Morgan fingerprint density at radius 3 is 2.28 bits per heavy atom. The summed E-state index contributed by atoms with van der Waals surface area (Å²) in [7, 11) is 0. The third-order valence-electron chi connectivity index (χ3n) is 4.55. The molecule has 0 aromatic carbocycles. The van der Waals surface area contributed by atoms with E-state index in [1.165, 1.54) is 12.8 Å². The molecule has 1 aliphatic heterocycles. The van der Waals surface area contributed by atoms with E-state index >= 15 is 0 Å². The molecule has 1 atom stereocenters. The van der Waals surface area contributed by atoms with Crippen molar-refractivity contribution in [2.75, 3.05) is 6.54 Å². The van der Waals surface area contributed by atoms with Crippen molar-refractivity contribution in [1.29, 1.82) is 0 Å². The van der Waals surface area contributed by atoms with E-state index in [1.54, 1.807) is 25.7 Å². The fraction of sp³-hybridized carbons (Fsp3) is 0.783. The van der Waals surface area contributed by atoms with Crippen LogP contribution >= 0.6 is 0 Å². The number of hydrogen-bond acceptors (Lipinski definition) is 4. The lowest BCUT2D eigenvalue weighted by Gasteiger charge is -2.25. The molecule has 1 fully saturated rings. The zero-order valence-corrected chi connectivity index (χ0v) is 19.2. The first-order chi connectivity index (χ1) is 13.7. The van der Waals surface area contributed by atoms with Crippen molar-refractivity contribution < 1.29 is 19.1 Å². The van der Waals surface area contributed by atoms with Gasteiger partial charge in [0.05, 0.1) is 0 Å². The monoisotopic (exact) mass is 410 g/mol. The van der Waals surface area contributed by atoms with Crippen molar-refractivity contribution in [2.45, 2.75) is 110 Å². The van der Waals surface area contributed by atoms with Gasteiger partial charge in [-0.1, -0.05) is 45.6 Å². The predicted octanol–water partition coefficient (Wildman–Crippen LogP) is 5.36. The molecule has 1 heterocycles. The van der Waals surface area contributed by atoms with Crippen molar-refractivity contribution in [3.8, 4) is 0 Å². The van der Waals surface area contributed by atoms with Gasteiger partial charge in [0.25, 0.3) is 5.91 Å². The Hall–Kier alpha value is -1.85. The van der Waals surface area contributed by atoms with Crippen LogP contribution in [0.25, 0.3) is 0 Å². The SMILES string of the molecule is C=CCCCCCCC(=O)N1CCCC1C(=O)NC(=O)OC(C)(C)C.CCCC. The smallest absolute Gasteiger partial charge is 0.414 e. The van der Waals surface area contributed by atoms with E-state index in [2.05, 4.69) is 25.7 Å². The van der Waals surface area contributed by atoms with E-state index in [0.29, 0.717) is 19.4 Å². The van der Waals surface area contributed by atoms with Gasteiger partial charge in [-0.15, -0.1) is 6.58 Å². The first kappa shape index (κ1) is 27.1. The lowest BCUT2D eigenvalue weighted by atomic mass is 10.1. The summed E-state index contributed by atoms with van der Waals surface area (Å²) in [5.41, 5.74) is -0.666. The van der Waals surface area contributed by atoms with Crippen LogP contribution in [-0.2, 0) is 14.3 Å². The minimum atomic E-state index is -0.765. The minimum absolute atomic E-state index is 0.00874. The topological polar surface area (TPSA) is 75.7 Å². The molecule has 6 nitrogen and oxygen atoms in total. The number of ether oxygens (including phenoxy) is 1. The summed E-state index contributed by atoms with van der Waals surface area (Å²) >= 11 is 0. The number of hydrogen-bond donors (Lipinski definition) is 1. The molecular formula is C23H42N2O4. The molecular weight excluding hydrogens is 368 g/mol. The Kier molecular flexibility index (Phi) is 14.1. The number of imide groups is 1. The lowest BCUT2D eigenvalue weighted by molar-refractivity contribution is -0.138. The fourth-order valence-corrected chi connectivity index (χ4v) is 2.89. The Morgan fingerprint density at radius 1 is 1.10 bits per heavy atom. The van der Waals surface area contributed by atoms with E-state index in [0.717, 1.165) is 38.5 Å². The van der Waals surface area contributed by atoms with Crippen LogP contribution < -0.4 is 5.32 Å². The van der Waals surface area contributed by atoms with Gasteiger partial charge in [-0.25, -0.2) is 4.79 Å². The van der Waals surface area contributed by atoms with Crippen LogP contribution in [0.3, 0.4) is 0 Å². The summed E-state index contributed by atoms with van der Waals surface area (Å²) in [6, 6.07) is -0.569. The number of carbonyl (C=O) groups excluding carboxylic acids is 3. The van der Waals surface area contributed by atoms with Crippen LogP contribution in [0.1, 0.15) is 98.8 Å². The number of rotatable bonds is 9. The molecule has 0 aromatic heterocycles. The van der Waals surface area contributed by atoms with Gasteiger partial charge in [-0.3, -0.25) is 14.9 Å². The second-order valence-corrected chi connectivity index (χ2v) is 8.48. The van der Waals surface area contributed by atoms with Gasteiger partial charge in [-0.2, -0.15) is 0 Å². The molecule has 6 heteroatoms. The maximum absolute atomic E-state index is 12.4. The van der Waals surface area contributed by atoms with Crippen molar-refractivity contribution >= 4 is 17.9 Å². The molecule has 29 heavy (non-hydrogen) atoms. The highest BCUT2D eigenvalue weighted by Crippen LogP contribution is 2.20. The maximum atomic E-state index is 12.4. The van der Waals surface area contributed by atoms with Gasteiger partial charge in [0.1, 0.15) is 11.6 Å². The summed E-state index contributed by atoms with van der Waals surface area (Å²) in [4.78, 5) is 38.0. The van der Waals surface area contributed by atoms with Crippen LogP contribution in [0, 0.1) is 0 Å². The van der Waals surface area contributed by atoms with Gasteiger partial charge in [-0.05, 0) is 52.9 Å². The number of carbonyl (C=O) groups is 3. The summed E-state index contributed by atoms with van der Waals surface area (Å²) in [5.74, 6) is -0.461. The van der Waals surface area contributed by atoms with Crippen molar-refractivity contribution in [3.05, 3.63) is 12.7 Å². The maximum Gasteiger partial charge on any atom is 0.414 e. The Balaban J connectivity index is 0.00000178. The summed E-state index contributed by atoms with van der Waals surface area (Å²) in [6.45, 7) is 13.8. The number of allylic oxidation sites excluding steroid dienone is 1. The number of unbranched alkanes of at least 4 members (excludes halogenated alkanes) is 5. The van der Waals surface area contributed by atoms with Gasteiger partial charge in [0, 0.05) is 13.0 Å². The highest BCUT2D eigenvalue weighted by molar-refractivity contribution is 5.97. The zero-order chi connectivity index (χ0) is 22.3. The molecule has 1 saturated heterocycles. The van der Waals surface area contributed by atoms with Crippen molar-refractivity contribution in [3.63, 3.8) is 0 Å². The van der Waals surface area contributed by atoms with E-state index in [1.807, 2.05) is 6.08 Å². The molecule has 0 radical (unpaired) electrons. The molecule has 1 rings (SSSR count). The molecule has 0 spiro atoms. The van der Waals surface area contributed by atoms with Crippen LogP contribution in [0.5, 0.6) is 0 Å². The third-order valence-corrected chi connectivity index (χ3v) is 4.55. The molecule has 1 aliphatic rings. The number of alkyl carbamates (subject to hydrolysis) is 1. The predicted molar refractivity (Wildman–Crippen MR) is 118 cm³/mol. The molecule has 3 amide bonds. The zero-order valence-electron chi connectivity index (χ0n) is 19.2. The van der Waals surface area contributed by atoms with E-state index < -0.39 is 23.6 Å². The van der Waals surface area contributed by atoms with E-state index in [4.69, 9.17) is 4.74 Å². The van der Waals surface area contributed by atoms with Crippen molar-refractivity contribution in [2.24, 2.45) is 0 Å². The largest absolute Gasteiger partial charge is 0.444 e. The fourth-order valence-electron chi connectivity index (χ4n) is 2.89. The van der Waals surface area contributed by atoms with Gasteiger partial charge in [0.2, 0.25) is 5.91 Å². The minimum Gasteiger partial charge on any atom is -0.444 e. The standard InChI is InChI=1S/C19H32N2O4.C4H10/c1-5-6-7-8-9-10-13-16(22)21-14-11-12-15(21)17(23)20-18(24)25-19(2,3)4;1-3-4-2/h5,15H,1,6-14H2,2-4H3,(H,20,23,24);3-4H2,1-2H3. The third kappa shape index (κ3) is 13.1. The Bertz CT molecular complexity index is 509. The highest BCUT2D eigenvalue weighted by atomic mass is 16.6.